The lowest BCUT2D eigenvalue weighted by Gasteiger charge is -2.17. The molecule has 0 spiro atoms. The zero-order valence-corrected chi connectivity index (χ0v) is 17.7. The fraction of sp³-hybridized carbons (Fsp3) is 0.417. The number of guanidine groups is 1. The number of likely N-dealkylation sites (tertiary alicyclic amines) is 1. The lowest BCUT2D eigenvalue weighted by atomic mass is 9.99. The number of aryl methyl sites for hydroxylation is 1. The van der Waals surface area contributed by atoms with Gasteiger partial charge in [0.2, 0.25) is 5.91 Å². The van der Waals surface area contributed by atoms with E-state index in [9.17, 15) is 4.79 Å². The second-order valence-corrected chi connectivity index (χ2v) is 7.86. The summed E-state index contributed by atoms with van der Waals surface area (Å²) in [6.45, 7) is 7.47. The Kier molecular flexibility index (Phi) is 7.28. The molecular weight excluding hydrogens is 360 g/mol. The molecule has 1 atom stereocenters. The first-order valence-corrected chi connectivity index (χ1v) is 10.4. The Morgan fingerprint density at radius 2 is 1.90 bits per heavy atom. The maximum atomic E-state index is 11.8. The van der Waals surface area contributed by atoms with Crippen molar-refractivity contribution in [3.05, 3.63) is 70.8 Å². The zero-order valence-electron chi connectivity index (χ0n) is 17.7. The van der Waals surface area contributed by atoms with Crippen LogP contribution < -0.4 is 10.6 Å². The molecule has 0 saturated carbocycles. The van der Waals surface area contributed by atoms with Crippen LogP contribution >= 0.6 is 0 Å². The normalized spacial score (nSPS) is 15.5. The number of aliphatic imine (C=N–C) groups is 1. The van der Waals surface area contributed by atoms with E-state index in [-0.39, 0.29) is 5.91 Å². The van der Waals surface area contributed by atoms with Crippen molar-refractivity contribution < 1.29 is 4.79 Å². The van der Waals surface area contributed by atoms with Crippen LogP contribution in [0.1, 0.15) is 47.9 Å². The number of carbonyl (C=O) groups is 1. The molecule has 1 fully saturated rings. The summed E-state index contributed by atoms with van der Waals surface area (Å²) in [5.74, 6) is 1.47. The highest BCUT2D eigenvalue weighted by atomic mass is 16.2. The van der Waals surface area contributed by atoms with Crippen LogP contribution in [0.3, 0.4) is 0 Å². The highest BCUT2D eigenvalue weighted by Crippen LogP contribution is 2.16. The van der Waals surface area contributed by atoms with Gasteiger partial charge >= 0.3 is 0 Å². The molecule has 5 nitrogen and oxygen atoms in total. The molecule has 3 rings (SSSR count). The average Bonchev–Trinajstić information content (AvgIpc) is 3.13. The topological polar surface area (TPSA) is 56.7 Å². The molecule has 0 aliphatic carbocycles. The summed E-state index contributed by atoms with van der Waals surface area (Å²) < 4.78 is 0. The van der Waals surface area contributed by atoms with Crippen molar-refractivity contribution in [2.75, 3.05) is 20.1 Å². The Labute approximate surface area is 174 Å². The third kappa shape index (κ3) is 6.08. The third-order valence-electron chi connectivity index (χ3n) is 5.44. The van der Waals surface area contributed by atoms with Gasteiger partial charge in [-0.05, 0) is 36.0 Å². The number of carbonyl (C=O) groups excluding carboxylic acids is 1. The Morgan fingerprint density at radius 3 is 2.55 bits per heavy atom. The minimum atomic E-state index is 0.269. The van der Waals surface area contributed by atoms with Gasteiger partial charge in [0.15, 0.2) is 5.96 Å². The van der Waals surface area contributed by atoms with E-state index in [1.54, 1.807) is 7.05 Å². The SMILES string of the molecule is CN=C(NCc1ccc(CN2CCCC2=O)cc1)NCC(C)c1cccc(C)c1. The zero-order chi connectivity index (χ0) is 20.6. The van der Waals surface area contributed by atoms with Crippen LogP contribution in [-0.2, 0) is 17.9 Å². The van der Waals surface area contributed by atoms with Gasteiger partial charge in [0.1, 0.15) is 0 Å². The lowest BCUT2D eigenvalue weighted by molar-refractivity contribution is -0.128. The number of hydrogen-bond acceptors (Lipinski definition) is 2. The van der Waals surface area contributed by atoms with E-state index in [0.717, 1.165) is 25.5 Å². The fourth-order valence-corrected chi connectivity index (χ4v) is 3.60. The Bertz CT molecular complexity index is 844. The van der Waals surface area contributed by atoms with Gasteiger partial charge in [-0.3, -0.25) is 9.79 Å². The van der Waals surface area contributed by atoms with Crippen molar-refractivity contribution in [1.29, 1.82) is 0 Å². The van der Waals surface area contributed by atoms with E-state index in [1.165, 1.54) is 22.3 Å². The van der Waals surface area contributed by atoms with Crippen LogP contribution in [0.2, 0.25) is 0 Å². The molecule has 2 N–H and O–H groups in total. The molecule has 29 heavy (non-hydrogen) atoms. The third-order valence-corrected chi connectivity index (χ3v) is 5.44. The van der Waals surface area contributed by atoms with Gasteiger partial charge in [0.25, 0.3) is 0 Å². The minimum Gasteiger partial charge on any atom is -0.356 e. The van der Waals surface area contributed by atoms with Crippen molar-refractivity contribution in [2.45, 2.75) is 45.7 Å². The molecule has 5 heteroatoms. The molecule has 2 aromatic carbocycles. The molecule has 1 unspecified atom stereocenters. The number of nitrogens with zero attached hydrogens (tertiary/aromatic N) is 2. The second-order valence-electron chi connectivity index (χ2n) is 7.86. The van der Waals surface area contributed by atoms with E-state index < -0.39 is 0 Å². The molecule has 2 aromatic rings. The van der Waals surface area contributed by atoms with Crippen LogP contribution in [0.5, 0.6) is 0 Å². The van der Waals surface area contributed by atoms with E-state index in [0.29, 0.717) is 25.4 Å². The van der Waals surface area contributed by atoms with Crippen molar-refractivity contribution in [3.63, 3.8) is 0 Å². The van der Waals surface area contributed by atoms with Crippen molar-refractivity contribution in [2.24, 2.45) is 4.99 Å². The molecule has 0 radical (unpaired) electrons. The first-order chi connectivity index (χ1) is 14.0. The Balaban J connectivity index is 1.46. The van der Waals surface area contributed by atoms with Crippen molar-refractivity contribution >= 4 is 11.9 Å². The summed E-state index contributed by atoms with van der Waals surface area (Å²) in [6.07, 6.45) is 1.67. The average molecular weight is 393 g/mol. The van der Waals surface area contributed by atoms with Gasteiger partial charge in [-0.15, -0.1) is 0 Å². The summed E-state index contributed by atoms with van der Waals surface area (Å²) in [4.78, 5) is 18.0. The Morgan fingerprint density at radius 1 is 1.14 bits per heavy atom. The van der Waals surface area contributed by atoms with Crippen LogP contribution in [0, 0.1) is 6.92 Å². The molecule has 0 aromatic heterocycles. The summed E-state index contributed by atoms with van der Waals surface area (Å²) in [5.41, 5.74) is 4.99. The smallest absolute Gasteiger partial charge is 0.222 e. The highest BCUT2D eigenvalue weighted by Gasteiger charge is 2.19. The van der Waals surface area contributed by atoms with Crippen LogP contribution in [-0.4, -0.2) is 36.9 Å². The second kappa shape index (κ2) is 10.1. The van der Waals surface area contributed by atoms with E-state index in [2.05, 4.69) is 78.0 Å². The molecule has 1 saturated heterocycles. The van der Waals surface area contributed by atoms with Gasteiger partial charge < -0.3 is 15.5 Å². The molecule has 1 aliphatic rings. The molecule has 154 valence electrons. The van der Waals surface area contributed by atoms with Crippen molar-refractivity contribution in [3.8, 4) is 0 Å². The largest absolute Gasteiger partial charge is 0.356 e. The quantitative estimate of drug-likeness (QED) is 0.559. The predicted molar refractivity (Wildman–Crippen MR) is 119 cm³/mol. The molecule has 1 heterocycles. The van der Waals surface area contributed by atoms with E-state index in [1.807, 2.05) is 4.90 Å². The number of benzene rings is 2. The standard InChI is InChI=1S/C24H32N4O/c1-18-6-4-7-22(14-18)19(2)15-26-24(25-3)27-16-20-9-11-21(12-10-20)17-28-13-5-8-23(28)29/h4,6-7,9-12,14,19H,5,8,13,15-17H2,1-3H3,(H2,25,26,27). The van der Waals surface area contributed by atoms with Gasteiger partial charge in [-0.1, -0.05) is 61.0 Å². The first-order valence-electron chi connectivity index (χ1n) is 10.4. The van der Waals surface area contributed by atoms with Gasteiger partial charge in [0, 0.05) is 39.6 Å². The molecule has 1 aliphatic heterocycles. The Hall–Kier alpha value is -2.82. The summed E-state index contributed by atoms with van der Waals surface area (Å²) in [6, 6.07) is 17.1. The molecular formula is C24H32N4O. The number of hydrogen-bond donors (Lipinski definition) is 2. The maximum absolute atomic E-state index is 11.8. The number of rotatable bonds is 7. The summed E-state index contributed by atoms with van der Waals surface area (Å²) in [7, 11) is 1.79. The number of nitrogens with one attached hydrogen (secondary N) is 2. The predicted octanol–water partition coefficient (Wildman–Crippen LogP) is 3.59. The molecule has 0 bridgehead atoms. The van der Waals surface area contributed by atoms with Crippen molar-refractivity contribution in [1.82, 2.24) is 15.5 Å². The van der Waals surface area contributed by atoms with Crippen LogP contribution in [0.25, 0.3) is 0 Å². The first kappa shape index (κ1) is 20.9. The monoisotopic (exact) mass is 392 g/mol. The number of amides is 1. The fourth-order valence-electron chi connectivity index (χ4n) is 3.60. The van der Waals surface area contributed by atoms with Gasteiger partial charge in [-0.25, -0.2) is 0 Å². The lowest BCUT2D eigenvalue weighted by Crippen LogP contribution is -2.38. The van der Waals surface area contributed by atoms with Crippen LogP contribution in [0.4, 0.5) is 0 Å². The summed E-state index contributed by atoms with van der Waals surface area (Å²) in [5, 5.41) is 6.79. The van der Waals surface area contributed by atoms with Gasteiger partial charge in [-0.2, -0.15) is 0 Å². The summed E-state index contributed by atoms with van der Waals surface area (Å²) >= 11 is 0. The van der Waals surface area contributed by atoms with Crippen LogP contribution in [0.15, 0.2) is 53.5 Å². The van der Waals surface area contributed by atoms with Gasteiger partial charge in [0.05, 0.1) is 0 Å². The van der Waals surface area contributed by atoms with E-state index in [4.69, 9.17) is 0 Å². The highest BCUT2D eigenvalue weighted by molar-refractivity contribution is 5.79. The van der Waals surface area contributed by atoms with E-state index >= 15 is 0 Å². The molecule has 1 amide bonds. The minimum absolute atomic E-state index is 0.269. The maximum Gasteiger partial charge on any atom is 0.222 e.